The monoisotopic (exact) mass is 221 g/mol. The first-order chi connectivity index (χ1) is 7.63. The van der Waals surface area contributed by atoms with E-state index in [1.807, 2.05) is 16.8 Å². The van der Waals surface area contributed by atoms with E-state index in [0.29, 0.717) is 17.6 Å². The second-order valence-corrected chi connectivity index (χ2v) is 4.35. The molecule has 0 aliphatic carbocycles. The first kappa shape index (κ1) is 11.2. The number of ether oxygens (including phenoxy) is 1. The van der Waals surface area contributed by atoms with Gasteiger partial charge in [0.15, 0.2) is 0 Å². The van der Waals surface area contributed by atoms with E-state index in [4.69, 9.17) is 15.9 Å². The summed E-state index contributed by atoms with van der Waals surface area (Å²) in [6, 6.07) is 1.89. The number of hydrogen-bond donors (Lipinski definition) is 2. The maximum Gasteiger partial charge on any atom is 0.135 e. The van der Waals surface area contributed by atoms with E-state index in [9.17, 15) is 0 Å². The Bertz CT molecular complexity index is 397. The molecule has 2 heterocycles. The van der Waals surface area contributed by atoms with Crippen molar-refractivity contribution in [2.24, 2.45) is 0 Å². The van der Waals surface area contributed by atoms with Gasteiger partial charge in [-0.25, -0.2) is 0 Å². The fourth-order valence-corrected chi connectivity index (χ4v) is 2.22. The summed E-state index contributed by atoms with van der Waals surface area (Å²) < 4.78 is 7.83. The summed E-state index contributed by atoms with van der Waals surface area (Å²) >= 11 is 0. The Morgan fingerprint density at radius 2 is 2.38 bits per heavy atom. The molecule has 4 heteroatoms. The standard InChI is InChI=1S/C12H19N3O/c1-3-9-4-5-11(16-9)15-7-6-10(8(2)13)12(15)14/h6-7,9,11,13H,3-5,14H2,1-2H3. The third kappa shape index (κ3) is 1.85. The predicted molar refractivity (Wildman–Crippen MR) is 64.8 cm³/mol. The Kier molecular flexibility index (Phi) is 3.01. The third-order valence-corrected chi connectivity index (χ3v) is 3.21. The summed E-state index contributed by atoms with van der Waals surface area (Å²) in [5, 5.41) is 7.60. The molecule has 1 aromatic rings. The molecule has 0 radical (unpaired) electrons. The summed E-state index contributed by atoms with van der Waals surface area (Å²) in [6.07, 6.45) is 5.49. The number of nitrogens with one attached hydrogen (secondary N) is 1. The lowest BCUT2D eigenvalue weighted by molar-refractivity contribution is 0.00234. The fraction of sp³-hybridized carbons (Fsp3) is 0.583. The van der Waals surface area contributed by atoms with Crippen molar-refractivity contribution < 1.29 is 4.74 Å². The lowest BCUT2D eigenvalue weighted by atomic mass is 10.2. The highest BCUT2D eigenvalue weighted by Crippen LogP contribution is 2.32. The van der Waals surface area contributed by atoms with Crippen molar-refractivity contribution in [2.75, 3.05) is 5.73 Å². The van der Waals surface area contributed by atoms with E-state index in [1.54, 1.807) is 6.92 Å². The number of hydrogen-bond acceptors (Lipinski definition) is 3. The number of nitrogens with zero attached hydrogens (tertiary/aromatic N) is 1. The van der Waals surface area contributed by atoms with E-state index < -0.39 is 0 Å². The molecule has 2 atom stereocenters. The molecule has 1 aliphatic heterocycles. The number of nitrogens with two attached hydrogens (primary N) is 1. The van der Waals surface area contributed by atoms with Gasteiger partial charge in [0.05, 0.1) is 6.10 Å². The summed E-state index contributed by atoms with van der Waals surface area (Å²) in [7, 11) is 0. The average Bonchev–Trinajstić information content (AvgIpc) is 2.83. The predicted octanol–water partition coefficient (Wildman–Crippen LogP) is 2.55. The van der Waals surface area contributed by atoms with Crippen LogP contribution in [0.2, 0.25) is 0 Å². The summed E-state index contributed by atoms with van der Waals surface area (Å²) in [4.78, 5) is 0. The molecular formula is C12H19N3O. The van der Waals surface area contributed by atoms with Gasteiger partial charge in [-0.15, -0.1) is 0 Å². The van der Waals surface area contributed by atoms with E-state index >= 15 is 0 Å². The van der Waals surface area contributed by atoms with Crippen LogP contribution in [-0.2, 0) is 4.74 Å². The molecular weight excluding hydrogens is 202 g/mol. The zero-order chi connectivity index (χ0) is 11.7. The Labute approximate surface area is 95.9 Å². The largest absolute Gasteiger partial charge is 0.384 e. The first-order valence-electron chi connectivity index (χ1n) is 5.80. The smallest absolute Gasteiger partial charge is 0.135 e. The molecule has 4 nitrogen and oxygen atoms in total. The number of anilines is 1. The highest BCUT2D eigenvalue weighted by atomic mass is 16.5. The van der Waals surface area contributed by atoms with Crippen LogP contribution >= 0.6 is 0 Å². The Balaban J connectivity index is 2.19. The van der Waals surface area contributed by atoms with Crippen LogP contribution in [0.15, 0.2) is 12.3 Å². The van der Waals surface area contributed by atoms with Gasteiger partial charge in [0.25, 0.3) is 0 Å². The van der Waals surface area contributed by atoms with Crippen LogP contribution in [0.5, 0.6) is 0 Å². The number of aromatic nitrogens is 1. The topological polar surface area (TPSA) is 64.0 Å². The molecule has 88 valence electrons. The van der Waals surface area contributed by atoms with Crippen LogP contribution in [0.25, 0.3) is 0 Å². The summed E-state index contributed by atoms with van der Waals surface area (Å²) in [6.45, 7) is 3.89. The maximum atomic E-state index is 7.60. The Hall–Kier alpha value is -1.29. The minimum absolute atomic E-state index is 0.0537. The van der Waals surface area contributed by atoms with Crippen LogP contribution < -0.4 is 5.73 Å². The lowest BCUT2D eigenvalue weighted by Crippen LogP contribution is -2.13. The highest BCUT2D eigenvalue weighted by Gasteiger charge is 2.26. The maximum absolute atomic E-state index is 7.60. The summed E-state index contributed by atoms with van der Waals surface area (Å²) in [5.74, 6) is 0.647. The minimum Gasteiger partial charge on any atom is -0.384 e. The third-order valence-electron chi connectivity index (χ3n) is 3.21. The molecule has 3 N–H and O–H groups in total. The van der Waals surface area contributed by atoms with Crippen molar-refractivity contribution in [1.29, 1.82) is 5.41 Å². The average molecular weight is 221 g/mol. The molecule has 1 fully saturated rings. The normalized spacial score (nSPS) is 24.9. The van der Waals surface area contributed by atoms with Gasteiger partial charge in [-0.2, -0.15) is 0 Å². The van der Waals surface area contributed by atoms with Crippen LogP contribution in [0.1, 0.15) is 44.9 Å². The second-order valence-electron chi connectivity index (χ2n) is 4.35. The molecule has 1 aromatic heterocycles. The molecule has 1 saturated heterocycles. The van der Waals surface area contributed by atoms with Crippen molar-refractivity contribution in [3.8, 4) is 0 Å². The quantitative estimate of drug-likeness (QED) is 0.770. The zero-order valence-electron chi connectivity index (χ0n) is 9.86. The van der Waals surface area contributed by atoms with Gasteiger partial charge in [0, 0.05) is 17.5 Å². The molecule has 1 aliphatic rings. The first-order valence-corrected chi connectivity index (χ1v) is 5.80. The van der Waals surface area contributed by atoms with Crippen LogP contribution in [0, 0.1) is 5.41 Å². The van der Waals surface area contributed by atoms with Crippen LogP contribution in [-0.4, -0.2) is 16.4 Å². The van der Waals surface area contributed by atoms with Crippen molar-refractivity contribution >= 4 is 11.5 Å². The Morgan fingerprint density at radius 1 is 1.62 bits per heavy atom. The Morgan fingerprint density at radius 3 is 2.88 bits per heavy atom. The molecule has 0 saturated carbocycles. The minimum atomic E-state index is 0.0537. The number of nitrogen functional groups attached to an aromatic ring is 1. The van der Waals surface area contributed by atoms with Gasteiger partial charge in [0.2, 0.25) is 0 Å². The lowest BCUT2D eigenvalue weighted by Gasteiger charge is -2.16. The van der Waals surface area contributed by atoms with E-state index in [-0.39, 0.29) is 6.23 Å². The number of rotatable bonds is 3. The van der Waals surface area contributed by atoms with Crippen molar-refractivity contribution in [2.45, 2.75) is 45.4 Å². The molecule has 2 rings (SSSR count). The van der Waals surface area contributed by atoms with E-state index in [0.717, 1.165) is 24.8 Å². The van der Waals surface area contributed by atoms with Gasteiger partial charge in [0.1, 0.15) is 12.0 Å². The van der Waals surface area contributed by atoms with Crippen LogP contribution in [0.4, 0.5) is 5.82 Å². The van der Waals surface area contributed by atoms with Gasteiger partial charge < -0.3 is 20.4 Å². The molecule has 0 spiro atoms. The summed E-state index contributed by atoms with van der Waals surface area (Å²) in [5.41, 5.74) is 7.32. The van der Waals surface area contributed by atoms with Gasteiger partial charge in [-0.05, 0) is 32.3 Å². The van der Waals surface area contributed by atoms with E-state index in [1.165, 1.54) is 0 Å². The van der Waals surface area contributed by atoms with Gasteiger partial charge >= 0.3 is 0 Å². The van der Waals surface area contributed by atoms with Crippen LogP contribution in [0.3, 0.4) is 0 Å². The highest BCUT2D eigenvalue weighted by molar-refractivity contribution is 6.00. The molecule has 16 heavy (non-hydrogen) atoms. The van der Waals surface area contributed by atoms with Crippen molar-refractivity contribution in [3.05, 3.63) is 17.8 Å². The van der Waals surface area contributed by atoms with Crippen molar-refractivity contribution in [1.82, 2.24) is 4.57 Å². The molecule has 0 amide bonds. The zero-order valence-corrected chi connectivity index (χ0v) is 9.86. The second kappa shape index (κ2) is 4.29. The fourth-order valence-electron chi connectivity index (χ4n) is 2.22. The van der Waals surface area contributed by atoms with Crippen molar-refractivity contribution in [3.63, 3.8) is 0 Å². The molecule has 2 unspecified atom stereocenters. The van der Waals surface area contributed by atoms with Gasteiger partial charge in [-0.3, -0.25) is 0 Å². The molecule has 0 bridgehead atoms. The van der Waals surface area contributed by atoms with Gasteiger partial charge in [-0.1, -0.05) is 6.92 Å². The molecule has 0 aromatic carbocycles. The van der Waals surface area contributed by atoms with E-state index in [2.05, 4.69) is 6.92 Å². The SMILES string of the molecule is CCC1CCC(n2ccc(C(C)=N)c2N)O1.